The molecule has 3 heterocycles. The van der Waals surface area contributed by atoms with Crippen molar-refractivity contribution in [1.29, 1.82) is 0 Å². The van der Waals surface area contributed by atoms with Gasteiger partial charge in [-0.25, -0.2) is 4.79 Å². The van der Waals surface area contributed by atoms with Gasteiger partial charge in [0.15, 0.2) is 0 Å². The van der Waals surface area contributed by atoms with Crippen LogP contribution in [0, 0.1) is 27.7 Å². The van der Waals surface area contributed by atoms with Crippen molar-refractivity contribution in [3.8, 4) is 5.69 Å². The summed E-state index contributed by atoms with van der Waals surface area (Å²) in [6, 6.07) is 10.7. The molecule has 0 atom stereocenters. The standard InChI is InChI=1S/C24H23N3O4/c1-14-7-8-19(10-15(14)2)27-16(3)11-18(17(27)4)12-21-22(28)25-24(30)26(23(21)29)13-20-6-5-9-31-20/h5-12H,13H2,1-4H3,(H,25,28,30)/b21-12-. The van der Waals surface area contributed by atoms with E-state index in [1.165, 1.54) is 17.4 Å². The molecule has 158 valence electrons. The molecule has 0 unspecified atom stereocenters. The van der Waals surface area contributed by atoms with E-state index in [4.69, 9.17) is 4.42 Å². The van der Waals surface area contributed by atoms with Crippen LogP contribution in [0.25, 0.3) is 11.8 Å². The zero-order chi connectivity index (χ0) is 22.3. The Morgan fingerprint density at radius 3 is 2.45 bits per heavy atom. The number of aryl methyl sites for hydroxylation is 3. The number of carbonyl (C=O) groups excluding carboxylic acids is 3. The van der Waals surface area contributed by atoms with Gasteiger partial charge in [0, 0.05) is 17.1 Å². The van der Waals surface area contributed by atoms with Gasteiger partial charge < -0.3 is 8.98 Å². The zero-order valence-electron chi connectivity index (χ0n) is 17.9. The van der Waals surface area contributed by atoms with Crippen LogP contribution >= 0.6 is 0 Å². The van der Waals surface area contributed by atoms with E-state index in [1.807, 2.05) is 26.0 Å². The maximum atomic E-state index is 13.0. The third kappa shape index (κ3) is 3.70. The van der Waals surface area contributed by atoms with Crippen LogP contribution in [0.5, 0.6) is 0 Å². The van der Waals surface area contributed by atoms with Crippen LogP contribution in [-0.2, 0) is 16.1 Å². The zero-order valence-corrected chi connectivity index (χ0v) is 17.9. The van der Waals surface area contributed by atoms with Crippen LogP contribution in [0.4, 0.5) is 4.79 Å². The first-order valence-electron chi connectivity index (χ1n) is 9.94. The first-order valence-corrected chi connectivity index (χ1v) is 9.94. The summed E-state index contributed by atoms with van der Waals surface area (Å²) in [5.74, 6) is -0.909. The summed E-state index contributed by atoms with van der Waals surface area (Å²) in [4.78, 5) is 38.6. The van der Waals surface area contributed by atoms with Crippen molar-refractivity contribution < 1.29 is 18.8 Å². The highest BCUT2D eigenvalue weighted by molar-refractivity contribution is 6.31. The molecule has 1 aliphatic heterocycles. The molecule has 1 aromatic carbocycles. The molecule has 4 amide bonds. The Bertz CT molecular complexity index is 1230. The van der Waals surface area contributed by atoms with E-state index < -0.39 is 17.8 Å². The Morgan fingerprint density at radius 1 is 1.00 bits per heavy atom. The maximum absolute atomic E-state index is 13.0. The van der Waals surface area contributed by atoms with Gasteiger partial charge in [0.05, 0.1) is 12.8 Å². The number of barbiturate groups is 1. The molecular weight excluding hydrogens is 394 g/mol. The number of amides is 4. The summed E-state index contributed by atoms with van der Waals surface area (Å²) < 4.78 is 7.32. The fourth-order valence-electron chi connectivity index (χ4n) is 3.75. The third-order valence-electron chi connectivity index (χ3n) is 5.60. The Kier molecular flexibility index (Phi) is 5.10. The van der Waals surface area contributed by atoms with Gasteiger partial charge in [0.25, 0.3) is 11.8 Å². The third-order valence-corrected chi connectivity index (χ3v) is 5.60. The lowest BCUT2D eigenvalue weighted by atomic mass is 10.1. The van der Waals surface area contributed by atoms with Crippen molar-refractivity contribution in [2.45, 2.75) is 34.2 Å². The fourth-order valence-corrected chi connectivity index (χ4v) is 3.75. The average Bonchev–Trinajstić information content (AvgIpc) is 3.32. The van der Waals surface area contributed by atoms with Gasteiger partial charge in [-0.1, -0.05) is 6.07 Å². The molecule has 0 aliphatic carbocycles. The van der Waals surface area contributed by atoms with E-state index >= 15 is 0 Å². The van der Waals surface area contributed by atoms with Crippen LogP contribution in [0.2, 0.25) is 0 Å². The number of hydrogen-bond donors (Lipinski definition) is 1. The molecule has 0 bridgehead atoms. The molecule has 7 nitrogen and oxygen atoms in total. The second-order valence-corrected chi connectivity index (χ2v) is 7.72. The minimum Gasteiger partial charge on any atom is -0.467 e. The molecule has 0 spiro atoms. The van der Waals surface area contributed by atoms with Crippen molar-refractivity contribution in [1.82, 2.24) is 14.8 Å². The summed E-state index contributed by atoms with van der Waals surface area (Å²) in [7, 11) is 0. The Morgan fingerprint density at radius 2 is 1.77 bits per heavy atom. The van der Waals surface area contributed by atoms with Crippen molar-refractivity contribution in [3.63, 3.8) is 0 Å². The topological polar surface area (TPSA) is 84.6 Å². The largest absolute Gasteiger partial charge is 0.467 e. The lowest BCUT2D eigenvalue weighted by Crippen LogP contribution is -2.53. The highest BCUT2D eigenvalue weighted by atomic mass is 16.3. The van der Waals surface area contributed by atoms with Crippen LogP contribution < -0.4 is 5.32 Å². The predicted octanol–water partition coefficient (Wildman–Crippen LogP) is 3.97. The number of aromatic nitrogens is 1. The van der Waals surface area contributed by atoms with Crippen LogP contribution in [0.3, 0.4) is 0 Å². The number of benzene rings is 1. The minimum atomic E-state index is -0.760. The normalized spacial score (nSPS) is 15.7. The maximum Gasteiger partial charge on any atom is 0.331 e. The van der Waals surface area contributed by atoms with Crippen molar-refractivity contribution in [2.75, 3.05) is 0 Å². The number of imide groups is 2. The number of carbonyl (C=O) groups is 3. The first kappa shape index (κ1) is 20.4. The van der Waals surface area contributed by atoms with Gasteiger partial charge in [-0.3, -0.25) is 19.8 Å². The van der Waals surface area contributed by atoms with Crippen molar-refractivity contribution >= 4 is 23.9 Å². The van der Waals surface area contributed by atoms with Gasteiger partial charge in [0.1, 0.15) is 11.3 Å². The predicted molar refractivity (Wildman–Crippen MR) is 115 cm³/mol. The van der Waals surface area contributed by atoms with Crippen molar-refractivity contribution in [2.24, 2.45) is 0 Å². The van der Waals surface area contributed by atoms with Crippen LogP contribution in [0.1, 0.15) is 33.8 Å². The summed E-state index contributed by atoms with van der Waals surface area (Å²) in [6.07, 6.45) is 3.00. The van der Waals surface area contributed by atoms with E-state index in [0.29, 0.717) is 5.76 Å². The highest BCUT2D eigenvalue weighted by Crippen LogP contribution is 2.25. The van der Waals surface area contributed by atoms with Crippen molar-refractivity contribution in [3.05, 3.63) is 82.1 Å². The molecule has 4 rings (SSSR count). The lowest BCUT2D eigenvalue weighted by Gasteiger charge is -2.25. The smallest absolute Gasteiger partial charge is 0.331 e. The van der Waals surface area contributed by atoms with E-state index in [9.17, 15) is 14.4 Å². The Hall–Kier alpha value is -3.87. The molecule has 1 fully saturated rings. The molecule has 1 aliphatic rings. The molecule has 2 aromatic heterocycles. The average molecular weight is 417 g/mol. The second-order valence-electron chi connectivity index (χ2n) is 7.72. The Labute approximate surface area is 180 Å². The van der Waals surface area contributed by atoms with E-state index in [-0.39, 0.29) is 12.1 Å². The van der Waals surface area contributed by atoms with E-state index in [1.54, 1.807) is 18.2 Å². The monoisotopic (exact) mass is 417 g/mol. The number of nitrogens with zero attached hydrogens (tertiary/aromatic N) is 2. The molecule has 7 heteroatoms. The molecule has 1 saturated heterocycles. The van der Waals surface area contributed by atoms with E-state index in [2.05, 4.69) is 35.9 Å². The fraction of sp³-hybridized carbons (Fsp3) is 0.208. The molecule has 3 aromatic rings. The van der Waals surface area contributed by atoms with Crippen LogP contribution in [-0.4, -0.2) is 27.3 Å². The number of hydrogen-bond acceptors (Lipinski definition) is 4. The minimum absolute atomic E-state index is 0.0516. The molecule has 1 N–H and O–H groups in total. The molecular formula is C24H23N3O4. The Balaban J connectivity index is 1.71. The first-order chi connectivity index (χ1) is 14.8. The number of nitrogens with one attached hydrogen (secondary N) is 1. The quantitative estimate of drug-likeness (QED) is 0.514. The summed E-state index contributed by atoms with van der Waals surface area (Å²) in [6.45, 7) is 7.98. The molecule has 31 heavy (non-hydrogen) atoms. The highest BCUT2D eigenvalue weighted by Gasteiger charge is 2.36. The second kappa shape index (κ2) is 7.75. The molecule has 0 radical (unpaired) electrons. The SMILES string of the molecule is Cc1ccc(-n2c(C)cc(/C=C3/C(=O)NC(=O)N(Cc4ccco4)C3=O)c2C)cc1C. The van der Waals surface area contributed by atoms with E-state index in [0.717, 1.165) is 27.5 Å². The summed E-state index contributed by atoms with van der Waals surface area (Å²) >= 11 is 0. The van der Waals surface area contributed by atoms with Gasteiger partial charge in [-0.05, 0) is 80.8 Å². The molecule has 0 saturated carbocycles. The number of furan rings is 1. The summed E-state index contributed by atoms with van der Waals surface area (Å²) in [5.41, 5.74) is 5.91. The number of urea groups is 1. The van der Waals surface area contributed by atoms with Gasteiger partial charge >= 0.3 is 6.03 Å². The van der Waals surface area contributed by atoms with Gasteiger partial charge in [-0.2, -0.15) is 0 Å². The number of rotatable bonds is 4. The van der Waals surface area contributed by atoms with Crippen LogP contribution in [0.15, 0.2) is 52.7 Å². The lowest BCUT2D eigenvalue weighted by molar-refractivity contribution is -0.130. The van der Waals surface area contributed by atoms with Gasteiger partial charge in [-0.15, -0.1) is 0 Å². The van der Waals surface area contributed by atoms with Gasteiger partial charge in [0.2, 0.25) is 0 Å². The summed E-state index contributed by atoms with van der Waals surface area (Å²) in [5, 5.41) is 2.24.